The molecule has 0 unspecified atom stereocenters. The Morgan fingerprint density at radius 1 is 0.913 bits per heavy atom. The van der Waals surface area contributed by atoms with Gasteiger partial charge in [-0.25, -0.2) is 0 Å². The zero-order valence-electron chi connectivity index (χ0n) is 12.1. The van der Waals surface area contributed by atoms with E-state index in [4.69, 9.17) is 22.1 Å². The van der Waals surface area contributed by atoms with Gasteiger partial charge < -0.3 is 9.11 Å². The Hall–Kier alpha value is -1.08. The van der Waals surface area contributed by atoms with Crippen LogP contribution >= 0.6 is 0 Å². The predicted molar refractivity (Wildman–Crippen MR) is 81.5 cm³/mol. The third kappa shape index (κ3) is 17.1. The normalized spacial score (nSPS) is 10.1. The van der Waals surface area contributed by atoms with E-state index in [1.165, 1.54) is 12.1 Å². The van der Waals surface area contributed by atoms with Crippen LogP contribution in [0, 0.1) is 6.92 Å². The molecule has 1 heterocycles. The number of aromatic nitrogens is 1. The maximum atomic E-state index is 10.5. The summed E-state index contributed by atoms with van der Waals surface area (Å²) in [5.74, 6) is 0. The predicted octanol–water partition coefficient (Wildman–Crippen LogP) is 0.605. The molecule has 0 aliphatic carbocycles. The van der Waals surface area contributed by atoms with Crippen molar-refractivity contribution in [3.8, 4) is 0 Å². The summed E-state index contributed by atoms with van der Waals surface area (Å²) in [6.45, 7) is 1.84. The molecule has 122 valence electrons. The van der Waals surface area contributed by atoms with Gasteiger partial charge in [0.2, 0.25) is 0 Å². The monoisotopic (exact) mass is 371 g/mol. The number of nitrogens with zero attached hydrogens (tertiary/aromatic N) is 1. The Morgan fingerprint density at radius 3 is 1.52 bits per heavy atom. The number of aryl methyl sites for hydroxylation is 1. The molecule has 0 spiro atoms. The van der Waals surface area contributed by atoms with Crippen LogP contribution in [-0.4, -0.2) is 58.5 Å². The van der Waals surface area contributed by atoms with Gasteiger partial charge in [0.25, 0.3) is 10.1 Å². The molecule has 0 aliphatic heterocycles. The first-order valence-electron chi connectivity index (χ1n) is 5.56. The van der Waals surface area contributed by atoms with E-state index in [1.54, 1.807) is 24.5 Å². The minimum atomic E-state index is -5.17. The van der Waals surface area contributed by atoms with Crippen LogP contribution < -0.4 is 0 Å². The summed E-state index contributed by atoms with van der Waals surface area (Å²) >= 11 is 0. The average molecular weight is 372 g/mol. The second kappa shape index (κ2) is 11.5. The van der Waals surface area contributed by atoms with Crippen LogP contribution in [0.4, 0.5) is 0 Å². The minimum Gasteiger partial charge on any atom is -0.759 e. The molecule has 0 fully saturated rings. The summed E-state index contributed by atoms with van der Waals surface area (Å²) < 4.78 is 63.6. The van der Waals surface area contributed by atoms with Gasteiger partial charge in [0.15, 0.2) is 0 Å². The van der Waals surface area contributed by atoms with Crippen LogP contribution in [0.3, 0.4) is 0 Å². The average Bonchev–Trinajstić information content (AvgIpc) is 2.39. The van der Waals surface area contributed by atoms with Crippen molar-refractivity contribution in [3.05, 3.63) is 60.4 Å². The molecule has 0 atom stereocenters. The van der Waals surface area contributed by atoms with Gasteiger partial charge in [0.05, 0.1) is 4.90 Å². The molecule has 0 aliphatic rings. The van der Waals surface area contributed by atoms with Crippen molar-refractivity contribution < 1.29 is 30.5 Å². The SMILES string of the molecule is Cc1ccc(S(=O)(=O)O)cc1.O=S(=O)([O-])[O-].[Mg+2].c1ccncc1. The Bertz CT molecular complexity index is 713. The van der Waals surface area contributed by atoms with Gasteiger partial charge in [-0.05, 0) is 31.2 Å². The van der Waals surface area contributed by atoms with E-state index >= 15 is 0 Å². The smallest absolute Gasteiger partial charge is 0.759 e. The van der Waals surface area contributed by atoms with Crippen molar-refractivity contribution in [2.24, 2.45) is 0 Å². The largest absolute Gasteiger partial charge is 2.00 e. The fourth-order valence-corrected chi connectivity index (χ4v) is 1.50. The molecule has 2 rings (SSSR count). The van der Waals surface area contributed by atoms with Crippen LogP contribution in [0.1, 0.15) is 5.56 Å². The summed E-state index contributed by atoms with van der Waals surface area (Å²) in [4.78, 5) is 3.72. The Kier molecular flexibility index (Phi) is 12.0. The van der Waals surface area contributed by atoms with Gasteiger partial charge in [-0.2, -0.15) is 8.42 Å². The van der Waals surface area contributed by atoms with Crippen molar-refractivity contribution in [1.82, 2.24) is 4.98 Å². The van der Waals surface area contributed by atoms with Gasteiger partial charge >= 0.3 is 23.1 Å². The van der Waals surface area contributed by atoms with Crippen molar-refractivity contribution in [3.63, 3.8) is 0 Å². The maximum Gasteiger partial charge on any atom is 2.00 e. The van der Waals surface area contributed by atoms with Crippen LogP contribution in [0.5, 0.6) is 0 Å². The Balaban J connectivity index is 0. The minimum absolute atomic E-state index is 0. The van der Waals surface area contributed by atoms with E-state index in [-0.39, 0.29) is 27.9 Å². The summed E-state index contributed by atoms with van der Waals surface area (Å²) in [6.07, 6.45) is 3.50. The number of rotatable bonds is 1. The molecule has 0 saturated heterocycles. The second-order valence-corrected chi connectivity index (χ2v) is 5.96. The Labute approximate surface area is 151 Å². The summed E-state index contributed by atoms with van der Waals surface area (Å²) in [7, 11) is -9.19. The summed E-state index contributed by atoms with van der Waals surface area (Å²) in [5.41, 5.74) is 0.956. The Morgan fingerprint density at radius 2 is 1.30 bits per heavy atom. The van der Waals surface area contributed by atoms with Crippen molar-refractivity contribution in [2.75, 3.05) is 0 Å². The zero-order valence-corrected chi connectivity index (χ0v) is 15.1. The van der Waals surface area contributed by atoms with Gasteiger partial charge in [0, 0.05) is 22.8 Å². The topological polar surface area (TPSA) is 148 Å². The van der Waals surface area contributed by atoms with Gasteiger partial charge in [-0.1, -0.05) is 23.8 Å². The summed E-state index contributed by atoms with van der Waals surface area (Å²) in [5, 5.41) is 0. The quantitative estimate of drug-likeness (QED) is 0.435. The number of pyridine rings is 1. The van der Waals surface area contributed by atoms with Crippen molar-refractivity contribution in [1.29, 1.82) is 0 Å². The third-order valence-electron chi connectivity index (χ3n) is 1.89. The molecule has 2 aromatic rings. The van der Waals surface area contributed by atoms with E-state index in [0.717, 1.165) is 5.56 Å². The molecule has 0 amide bonds. The molecule has 0 saturated carbocycles. The summed E-state index contributed by atoms with van der Waals surface area (Å²) in [6, 6.07) is 11.7. The number of hydrogen-bond acceptors (Lipinski definition) is 7. The van der Waals surface area contributed by atoms with E-state index in [1.807, 2.05) is 25.1 Å². The molecule has 11 heteroatoms. The fraction of sp³-hybridized carbons (Fsp3) is 0.0833. The van der Waals surface area contributed by atoms with Gasteiger partial charge in [0.1, 0.15) is 0 Å². The van der Waals surface area contributed by atoms with Crippen molar-refractivity contribution in [2.45, 2.75) is 11.8 Å². The van der Waals surface area contributed by atoms with Crippen LogP contribution in [-0.2, 0) is 20.5 Å². The third-order valence-corrected chi connectivity index (χ3v) is 2.75. The molecule has 1 N–H and O–H groups in total. The van der Waals surface area contributed by atoms with E-state index in [2.05, 4.69) is 4.98 Å². The van der Waals surface area contributed by atoms with E-state index < -0.39 is 20.5 Å². The fourth-order valence-electron chi connectivity index (χ4n) is 1.02. The molecule has 8 nitrogen and oxygen atoms in total. The first kappa shape index (κ1) is 24.2. The van der Waals surface area contributed by atoms with Crippen LogP contribution in [0.25, 0.3) is 0 Å². The van der Waals surface area contributed by atoms with Crippen molar-refractivity contribution >= 4 is 43.6 Å². The van der Waals surface area contributed by atoms with Crippen LogP contribution in [0.2, 0.25) is 0 Å². The first-order valence-corrected chi connectivity index (χ1v) is 8.33. The van der Waals surface area contributed by atoms with Gasteiger partial charge in [-0.3, -0.25) is 18.0 Å². The van der Waals surface area contributed by atoms with E-state index in [9.17, 15) is 8.42 Å². The molecule has 23 heavy (non-hydrogen) atoms. The standard InChI is InChI=1S/C7H8O3S.C5H5N.Mg.H2O4S/c1-6-2-4-7(5-3-6)11(8,9)10;1-2-4-6-5-3-1;;1-5(2,3)4/h2-5H,1H3,(H,8,9,10);1-5H;;(H2,1,2,3,4)/q;;+2;/p-2. The molecule has 1 aromatic heterocycles. The van der Waals surface area contributed by atoms with Crippen LogP contribution in [0.15, 0.2) is 59.8 Å². The zero-order chi connectivity index (χ0) is 17.2. The maximum absolute atomic E-state index is 10.5. The first-order chi connectivity index (χ1) is 10.00. The molecular weight excluding hydrogens is 359 g/mol. The van der Waals surface area contributed by atoms with Gasteiger partial charge in [-0.15, -0.1) is 0 Å². The van der Waals surface area contributed by atoms with E-state index in [0.29, 0.717) is 0 Å². The number of benzene rings is 1. The second-order valence-electron chi connectivity index (χ2n) is 3.72. The molecule has 0 radical (unpaired) electrons. The molecule has 0 bridgehead atoms. The number of hydrogen-bond donors (Lipinski definition) is 1. The molecule has 1 aromatic carbocycles. The molecular formula is C12H13MgNO7S2.